The Kier molecular flexibility index (Phi) is 12.5. The van der Waals surface area contributed by atoms with Crippen LogP contribution in [-0.2, 0) is 12.8 Å². The van der Waals surface area contributed by atoms with Gasteiger partial charge in [-0.15, -0.1) is 0 Å². The minimum Gasteiger partial charge on any atom is -0.260 e. The highest BCUT2D eigenvalue weighted by Gasteiger charge is 2.16. The third-order valence-electron chi connectivity index (χ3n) is 9.28. The zero-order valence-electron chi connectivity index (χ0n) is 31.2. The van der Waals surface area contributed by atoms with E-state index in [4.69, 9.17) is 0 Å². The van der Waals surface area contributed by atoms with E-state index in [1.807, 2.05) is 30.5 Å². The summed E-state index contributed by atoms with van der Waals surface area (Å²) < 4.78 is 0. The smallest absolute Gasteiger partial charge is 0.0705 e. The van der Waals surface area contributed by atoms with Crippen LogP contribution in [0.3, 0.4) is 0 Å². The lowest BCUT2D eigenvalue weighted by Gasteiger charge is -2.04. The molecule has 0 atom stereocenters. The SMILES string of the molecule is CC(C)C1=Cc2ccccc2C1.CC(C)C1=Nc2ccccc2C1.CC(C)c1cc2ccccc2cn1.CC(C)c1ccc2ccccc2n1. The number of aliphatic imine (C=N–C) groups is 1. The molecule has 0 saturated heterocycles. The molecule has 0 N–H and O–H groups in total. The van der Waals surface area contributed by atoms with Crippen molar-refractivity contribution >= 4 is 39.2 Å². The predicted octanol–water partition coefficient (Wildman–Crippen LogP) is 13.0. The van der Waals surface area contributed by atoms with Crippen LogP contribution in [-0.4, -0.2) is 15.7 Å². The molecule has 0 amide bonds. The van der Waals surface area contributed by atoms with Crippen molar-refractivity contribution in [2.75, 3.05) is 0 Å². The normalized spacial score (nSPS) is 12.8. The van der Waals surface area contributed by atoms with E-state index in [1.54, 1.807) is 5.57 Å². The first-order valence-electron chi connectivity index (χ1n) is 18.2. The van der Waals surface area contributed by atoms with E-state index in [9.17, 15) is 0 Å². The lowest BCUT2D eigenvalue weighted by Crippen LogP contribution is -2.06. The van der Waals surface area contributed by atoms with Gasteiger partial charge in [-0.25, -0.2) is 0 Å². The second-order valence-electron chi connectivity index (χ2n) is 14.5. The van der Waals surface area contributed by atoms with E-state index >= 15 is 0 Å². The Labute approximate surface area is 300 Å². The molecule has 0 saturated carbocycles. The third kappa shape index (κ3) is 9.63. The van der Waals surface area contributed by atoms with Crippen molar-refractivity contribution in [2.45, 2.75) is 80.1 Å². The number of para-hydroxylation sites is 2. The summed E-state index contributed by atoms with van der Waals surface area (Å²) in [6, 6.07) is 40.0. The number of pyridine rings is 2. The Morgan fingerprint density at radius 3 is 1.78 bits per heavy atom. The van der Waals surface area contributed by atoms with Gasteiger partial charge in [0.1, 0.15) is 0 Å². The number of allylic oxidation sites excluding steroid dienone is 1. The molecule has 0 radical (unpaired) electrons. The monoisotopic (exact) mass is 659 g/mol. The molecule has 1 aliphatic carbocycles. The maximum absolute atomic E-state index is 4.57. The molecule has 6 aromatic rings. The van der Waals surface area contributed by atoms with Crippen LogP contribution in [0.15, 0.2) is 132 Å². The number of fused-ring (bicyclic) bond motifs is 4. The number of aromatic nitrogens is 2. The molecule has 8 rings (SSSR count). The van der Waals surface area contributed by atoms with Crippen molar-refractivity contribution in [1.29, 1.82) is 0 Å². The molecule has 2 aromatic heterocycles. The van der Waals surface area contributed by atoms with E-state index < -0.39 is 0 Å². The second-order valence-corrected chi connectivity index (χ2v) is 14.5. The highest BCUT2D eigenvalue weighted by atomic mass is 14.8. The van der Waals surface area contributed by atoms with Crippen LogP contribution >= 0.6 is 0 Å². The van der Waals surface area contributed by atoms with E-state index in [1.165, 1.54) is 55.6 Å². The van der Waals surface area contributed by atoms with Gasteiger partial charge in [-0.3, -0.25) is 15.0 Å². The van der Waals surface area contributed by atoms with E-state index in [0.717, 1.165) is 18.4 Å². The van der Waals surface area contributed by atoms with Crippen LogP contribution < -0.4 is 0 Å². The first-order valence-corrected chi connectivity index (χ1v) is 18.2. The van der Waals surface area contributed by atoms with Crippen LogP contribution in [0.2, 0.25) is 0 Å². The van der Waals surface area contributed by atoms with Gasteiger partial charge in [0, 0.05) is 40.5 Å². The fourth-order valence-corrected chi connectivity index (χ4v) is 5.99. The molecule has 50 heavy (non-hydrogen) atoms. The molecule has 2 aliphatic rings. The Morgan fingerprint density at radius 2 is 1.12 bits per heavy atom. The van der Waals surface area contributed by atoms with Crippen molar-refractivity contribution in [3.05, 3.63) is 155 Å². The topological polar surface area (TPSA) is 38.1 Å². The Balaban J connectivity index is 0.000000130. The van der Waals surface area contributed by atoms with Gasteiger partial charge in [-0.2, -0.15) is 0 Å². The molecule has 0 unspecified atom stereocenters. The van der Waals surface area contributed by atoms with E-state index in [-0.39, 0.29) is 0 Å². The molecule has 4 aromatic carbocycles. The van der Waals surface area contributed by atoms with Crippen molar-refractivity contribution in [2.24, 2.45) is 16.8 Å². The standard InChI is InChI=1S/2C12H13N.C12H14.C11H13N/c1-9(2)12-7-10-5-3-4-6-11(10)8-13-12;1-9(2)11-8-7-10-5-3-4-6-12(10)13-11;1-9(2)12-7-10-5-3-4-6-11(10)8-12;1-8(2)11-7-9-5-3-4-6-10(9)12-11/h2*3-9H,1-2H3;3-7,9H,8H2,1-2H3;3-6,8H,7H2,1-2H3. The first kappa shape index (κ1) is 36.4. The van der Waals surface area contributed by atoms with Crippen LogP contribution in [0.4, 0.5) is 5.69 Å². The van der Waals surface area contributed by atoms with Crippen molar-refractivity contribution in [3.63, 3.8) is 0 Å². The maximum atomic E-state index is 4.57. The Morgan fingerprint density at radius 1 is 0.500 bits per heavy atom. The van der Waals surface area contributed by atoms with Gasteiger partial charge in [0.2, 0.25) is 0 Å². The van der Waals surface area contributed by atoms with Gasteiger partial charge in [0.15, 0.2) is 0 Å². The Bertz CT molecular complexity index is 1930. The molecule has 3 nitrogen and oxygen atoms in total. The minimum atomic E-state index is 0.504. The number of hydrogen-bond donors (Lipinski definition) is 0. The molecule has 0 spiro atoms. The predicted molar refractivity (Wildman–Crippen MR) is 217 cm³/mol. The van der Waals surface area contributed by atoms with Gasteiger partial charge >= 0.3 is 0 Å². The summed E-state index contributed by atoms with van der Waals surface area (Å²) in [7, 11) is 0. The van der Waals surface area contributed by atoms with Gasteiger partial charge in [0.05, 0.1) is 11.2 Å². The van der Waals surface area contributed by atoms with Crippen LogP contribution in [0.5, 0.6) is 0 Å². The van der Waals surface area contributed by atoms with Gasteiger partial charge in [0.25, 0.3) is 0 Å². The summed E-state index contributed by atoms with van der Waals surface area (Å²) in [4.78, 5) is 13.5. The second kappa shape index (κ2) is 17.2. The molecule has 3 heterocycles. The summed E-state index contributed by atoms with van der Waals surface area (Å²) in [5, 5.41) is 3.71. The number of benzene rings is 4. The largest absolute Gasteiger partial charge is 0.260 e. The lowest BCUT2D eigenvalue weighted by molar-refractivity contribution is 0.754. The lowest BCUT2D eigenvalue weighted by atomic mass is 10.0. The highest BCUT2D eigenvalue weighted by Crippen LogP contribution is 2.29. The molecule has 1 aliphatic heterocycles. The summed E-state index contributed by atoms with van der Waals surface area (Å²) in [5.41, 5.74) is 11.8. The fraction of sp³-hybridized carbons (Fsp3) is 0.298. The van der Waals surface area contributed by atoms with E-state index in [2.05, 4.69) is 167 Å². The number of nitrogens with zero attached hydrogens (tertiary/aromatic N) is 3. The molecule has 0 bridgehead atoms. The summed E-state index contributed by atoms with van der Waals surface area (Å²) in [5.74, 6) is 2.28. The Hall–Kier alpha value is -4.89. The molecule has 3 heteroatoms. The van der Waals surface area contributed by atoms with Crippen LogP contribution in [0, 0.1) is 11.8 Å². The van der Waals surface area contributed by atoms with Crippen LogP contribution in [0.1, 0.15) is 95.3 Å². The average Bonchev–Trinajstić information content (AvgIpc) is 3.78. The summed E-state index contributed by atoms with van der Waals surface area (Å²) in [6.45, 7) is 17.6. The zero-order valence-corrected chi connectivity index (χ0v) is 31.2. The first-order chi connectivity index (χ1) is 24.1. The van der Waals surface area contributed by atoms with Crippen LogP contribution in [0.25, 0.3) is 27.8 Å². The average molecular weight is 660 g/mol. The van der Waals surface area contributed by atoms with Gasteiger partial charge in [-0.1, -0.05) is 158 Å². The quantitative estimate of drug-likeness (QED) is 0.189. The summed E-state index contributed by atoms with van der Waals surface area (Å²) in [6.07, 6.45) is 6.49. The van der Waals surface area contributed by atoms with Crippen molar-refractivity contribution < 1.29 is 0 Å². The van der Waals surface area contributed by atoms with E-state index in [0.29, 0.717) is 23.7 Å². The highest BCUT2D eigenvalue weighted by molar-refractivity contribution is 5.95. The minimum absolute atomic E-state index is 0.504. The molecule has 0 fully saturated rings. The number of rotatable bonds is 4. The van der Waals surface area contributed by atoms with Crippen molar-refractivity contribution in [1.82, 2.24) is 9.97 Å². The van der Waals surface area contributed by atoms with Crippen molar-refractivity contribution in [3.8, 4) is 0 Å². The van der Waals surface area contributed by atoms with Gasteiger partial charge < -0.3 is 0 Å². The zero-order chi connectivity index (χ0) is 35.6. The molecule has 256 valence electrons. The third-order valence-corrected chi connectivity index (χ3v) is 9.28. The van der Waals surface area contributed by atoms with Gasteiger partial charge in [-0.05, 0) is 76.4 Å². The fourth-order valence-electron chi connectivity index (χ4n) is 5.99. The maximum Gasteiger partial charge on any atom is 0.0705 e. The summed E-state index contributed by atoms with van der Waals surface area (Å²) >= 11 is 0. The number of hydrogen-bond acceptors (Lipinski definition) is 3. The molecular formula is C47H53N3. The molecular weight excluding hydrogens is 607 g/mol.